The van der Waals surface area contributed by atoms with Crippen LogP contribution in [0.2, 0.25) is 10.0 Å². The second-order valence-corrected chi connectivity index (χ2v) is 12.6. The Hall–Kier alpha value is -2.37. The van der Waals surface area contributed by atoms with Crippen LogP contribution in [0.15, 0.2) is 68.6 Å². The van der Waals surface area contributed by atoms with Crippen LogP contribution in [0, 0.1) is 0 Å². The average molecular weight is 643 g/mol. The van der Waals surface area contributed by atoms with Gasteiger partial charge in [0.15, 0.2) is 5.76 Å². The minimum absolute atomic E-state index is 0.0248. The zero-order chi connectivity index (χ0) is 27.4. The third kappa shape index (κ3) is 6.60. The van der Waals surface area contributed by atoms with Gasteiger partial charge in [-0.2, -0.15) is 4.31 Å². The molecule has 0 bridgehead atoms. The number of nitrogens with zero attached hydrogens (tertiary/aromatic N) is 2. The van der Waals surface area contributed by atoms with Gasteiger partial charge in [-0.15, -0.1) is 0 Å². The highest BCUT2D eigenvalue weighted by Crippen LogP contribution is 2.31. The first-order chi connectivity index (χ1) is 18.1. The molecule has 2 heterocycles. The van der Waals surface area contributed by atoms with Crippen LogP contribution in [-0.4, -0.2) is 61.7 Å². The predicted molar refractivity (Wildman–Crippen MR) is 149 cm³/mol. The number of rotatable bonds is 8. The van der Waals surface area contributed by atoms with Gasteiger partial charge in [0, 0.05) is 36.7 Å². The fourth-order valence-electron chi connectivity index (χ4n) is 4.14. The molecule has 2 amide bonds. The van der Waals surface area contributed by atoms with Crippen molar-refractivity contribution in [3.63, 3.8) is 0 Å². The van der Waals surface area contributed by atoms with E-state index in [4.69, 9.17) is 27.6 Å². The lowest BCUT2D eigenvalue weighted by Crippen LogP contribution is -2.50. The number of carbonyl (C=O) groups is 2. The number of sulfonamides is 1. The van der Waals surface area contributed by atoms with Gasteiger partial charge in [0.1, 0.15) is 4.90 Å². The molecule has 38 heavy (non-hydrogen) atoms. The van der Waals surface area contributed by atoms with Gasteiger partial charge in [0.05, 0.1) is 21.9 Å². The molecule has 0 radical (unpaired) electrons. The van der Waals surface area contributed by atoms with E-state index in [1.54, 1.807) is 12.1 Å². The molecule has 8 nitrogen and oxygen atoms in total. The van der Waals surface area contributed by atoms with Crippen molar-refractivity contribution >= 4 is 61.0 Å². The van der Waals surface area contributed by atoms with E-state index >= 15 is 0 Å². The second kappa shape index (κ2) is 12.2. The van der Waals surface area contributed by atoms with E-state index in [1.165, 1.54) is 27.6 Å². The Bertz CT molecular complexity index is 1410. The lowest BCUT2D eigenvalue weighted by molar-refractivity contribution is 0.0665. The monoisotopic (exact) mass is 641 g/mol. The van der Waals surface area contributed by atoms with Crippen molar-refractivity contribution in [3.8, 4) is 0 Å². The molecule has 1 saturated heterocycles. The van der Waals surface area contributed by atoms with Crippen LogP contribution in [0.4, 0.5) is 0 Å². The summed E-state index contributed by atoms with van der Waals surface area (Å²) in [6.07, 6.45) is 2.86. The standard InChI is InChI=1S/C26H26BrCl2N3O5S/c1-17(4-5-18-6-8-19(27)9-7-18)30-25(33)20-15-24(22(29)16-21(20)28)38(35,36)32-12-10-31(11-13-32)26(34)23-3-2-14-37-23/h2-3,6-9,14-17H,4-5,10-13H2,1H3,(H,30,33). The number of halogens is 3. The van der Waals surface area contributed by atoms with Gasteiger partial charge in [-0.05, 0) is 61.7 Å². The number of piperazine rings is 1. The fourth-order valence-corrected chi connectivity index (χ4v) is 6.66. The summed E-state index contributed by atoms with van der Waals surface area (Å²) in [6, 6.07) is 13.4. The summed E-state index contributed by atoms with van der Waals surface area (Å²) in [7, 11) is -4.05. The van der Waals surface area contributed by atoms with Crippen molar-refractivity contribution in [1.82, 2.24) is 14.5 Å². The molecule has 0 saturated carbocycles. The summed E-state index contributed by atoms with van der Waals surface area (Å²) >= 11 is 16.0. The van der Waals surface area contributed by atoms with E-state index in [2.05, 4.69) is 21.2 Å². The Kier molecular flexibility index (Phi) is 9.20. The van der Waals surface area contributed by atoms with Gasteiger partial charge in [0.2, 0.25) is 10.0 Å². The van der Waals surface area contributed by atoms with Crippen LogP contribution in [0.1, 0.15) is 39.8 Å². The van der Waals surface area contributed by atoms with Gasteiger partial charge < -0.3 is 14.6 Å². The first-order valence-corrected chi connectivity index (χ1v) is 14.9. The van der Waals surface area contributed by atoms with Gasteiger partial charge in [-0.25, -0.2) is 8.42 Å². The van der Waals surface area contributed by atoms with E-state index in [0.29, 0.717) is 6.42 Å². The molecular formula is C26H26BrCl2N3O5S. The highest BCUT2D eigenvalue weighted by molar-refractivity contribution is 9.10. The molecule has 0 spiro atoms. The SMILES string of the molecule is CC(CCc1ccc(Br)cc1)NC(=O)c1cc(S(=O)(=O)N2CCN(C(=O)c3ccco3)CC2)c(Cl)cc1Cl. The molecule has 1 fully saturated rings. The van der Waals surface area contributed by atoms with E-state index in [-0.39, 0.29) is 64.4 Å². The van der Waals surface area contributed by atoms with E-state index in [0.717, 1.165) is 16.5 Å². The Morgan fingerprint density at radius 3 is 2.37 bits per heavy atom. The van der Waals surface area contributed by atoms with Gasteiger partial charge in [-0.1, -0.05) is 51.3 Å². The number of furan rings is 1. The summed E-state index contributed by atoms with van der Waals surface area (Å²) in [6.45, 7) is 2.40. The maximum Gasteiger partial charge on any atom is 0.289 e. The first kappa shape index (κ1) is 28.6. The smallest absolute Gasteiger partial charge is 0.289 e. The molecular weight excluding hydrogens is 617 g/mol. The third-order valence-corrected chi connectivity index (χ3v) is 9.50. The molecule has 12 heteroatoms. The van der Waals surface area contributed by atoms with Crippen molar-refractivity contribution in [2.24, 2.45) is 0 Å². The molecule has 0 aliphatic carbocycles. The molecule has 1 atom stereocenters. The quantitative estimate of drug-likeness (QED) is 0.362. The zero-order valence-electron chi connectivity index (χ0n) is 20.5. The highest BCUT2D eigenvalue weighted by atomic mass is 79.9. The Morgan fingerprint density at radius 2 is 1.74 bits per heavy atom. The van der Waals surface area contributed by atoms with Crippen molar-refractivity contribution in [1.29, 1.82) is 0 Å². The van der Waals surface area contributed by atoms with Crippen LogP contribution in [-0.2, 0) is 16.4 Å². The predicted octanol–water partition coefficient (Wildman–Crippen LogP) is 5.25. The van der Waals surface area contributed by atoms with Crippen LogP contribution in [0.5, 0.6) is 0 Å². The van der Waals surface area contributed by atoms with Crippen LogP contribution in [0.3, 0.4) is 0 Å². The molecule has 2 aromatic carbocycles. The summed E-state index contributed by atoms with van der Waals surface area (Å²) in [5.41, 5.74) is 1.16. The van der Waals surface area contributed by atoms with Crippen molar-refractivity contribution < 1.29 is 22.4 Å². The third-order valence-electron chi connectivity index (χ3n) is 6.30. The fraction of sp³-hybridized carbons (Fsp3) is 0.308. The lowest BCUT2D eigenvalue weighted by atomic mass is 10.1. The average Bonchev–Trinajstić information content (AvgIpc) is 3.43. The van der Waals surface area contributed by atoms with Crippen LogP contribution >= 0.6 is 39.1 Å². The molecule has 202 valence electrons. The topological polar surface area (TPSA) is 99.9 Å². The Morgan fingerprint density at radius 1 is 1.05 bits per heavy atom. The number of hydrogen-bond acceptors (Lipinski definition) is 5. The minimum Gasteiger partial charge on any atom is -0.459 e. The summed E-state index contributed by atoms with van der Waals surface area (Å²) in [4.78, 5) is 26.9. The minimum atomic E-state index is -4.05. The first-order valence-electron chi connectivity index (χ1n) is 11.9. The molecule has 1 aliphatic heterocycles. The number of nitrogens with one attached hydrogen (secondary N) is 1. The summed E-state index contributed by atoms with van der Waals surface area (Å²) in [5, 5.41) is 2.87. The summed E-state index contributed by atoms with van der Waals surface area (Å²) < 4.78 is 34.3. The normalized spacial score (nSPS) is 15.3. The number of benzene rings is 2. The van der Waals surface area contributed by atoms with E-state index in [9.17, 15) is 18.0 Å². The number of carbonyl (C=O) groups excluding carboxylic acids is 2. The molecule has 1 aromatic heterocycles. The molecule has 4 rings (SSSR count). The van der Waals surface area contributed by atoms with Crippen molar-refractivity contribution in [2.75, 3.05) is 26.2 Å². The number of hydrogen-bond donors (Lipinski definition) is 1. The van der Waals surface area contributed by atoms with Crippen molar-refractivity contribution in [2.45, 2.75) is 30.7 Å². The highest BCUT2D eigenvalue weighted by Gasteiger charge is 2.33. The molecule has 1 N–H and O–H groups in total. The van der Waals surface area contributed by atoms with E-state index < -0.39 is 15.9 Å². The molecule has 1 aliphatic rings. The Balaban J connectivity index is 1.43. The second-order valence-electron chi connectivity index (χ2n) is 8.98. The molecule has 1 unspecified atom stereocenters. The molecule has 3 aromatic rings. The van der Waals surface area contributed by atoms with Crippen molar-refractivity contribution in [3.05, 3.63) is 86.2 Å². The van der Waals surface area contributed by atoms with E-state index in [1.807, 2.05) is 31.2 Å². The van der Waals surface area contributed by atoms with Gasteiger partial charge in [0.25, 0.3) is 11.8 Å². The number of amides is 2. The Labute approximate surface area is 240 Å². The maximum atomic E-state index is 13.4. The summed E-state index contributed by atoms with van der Waals surface area (Å²) in [5.74, 6) is -0.589. The largest absolute Gasteiger partial charge is 0.459 e. The van der Waals surface area contributed by atoms with Crippen LogP contribution < -0.4 is 5.32 Å². The number of aryl methyl sites for hydroxylation is 1. The van der Waals surface area contributed by atoms with Crippen LogP contribution in [0.25, 0.3) is 0 Å². The van der Waals surface area contributed by atoms with Gasteiger partial charge in [-0.3, -0.25) is 9.59 Å². The zero-order valence-corrected chi connectivity index (χ0v) is 24.4. The van der Waals surface area contributed by atoms with Gasteiger partial charge >= 0.3 is 0 Å². The lowest BCUT2D eigenvalue weighted by Gasteiger charge is -2.33. The maximum absolute atomic E-state index is 13.4.